The number of hydrogen-bond donors (Lipinski definition) is 1. The van der Waals surface area contributed by atoms with Crippen LogP contribution in [0.3, 0.4) is 0 Å². The molecule has 0 bridgehead atoms. The molecule has 0 amide bonds. The van der Waals surface area contributed by atoms with Crippen molar-refractivity contribution in [3.8, 4) is 11.6 Å². The van der Waals surface area contributed by atoms with Crippen molar-refractivity contribution in [2.75, 3.05) is 32.8 Å². The molecule has 0 saturated heterocycles. The van der Waals surface area contributed by atoms with Gasteiger partial charge in [-0.25, -0.2) is 9.97 Å². The molecule has 112 valence electrons. The summed E-state index contributed by atoms with van der Waals surface area (Å²) in [5, 5.41) is 3.22. The molecular weight excluding hydrogens is 270 g/mol. The number of anilines is 1. The second-order valence-electron chi connectivity index (χ2n) is 4.25. The van der Waals surface area contributed by atoms with E-state index in [1.54, 1.807) is 20.3 Å². The smallest absolute Gasteiger partial charge is 0.218 e. The van der Waals surface area contributed by atoms with Gasteiger partial charge in [0, 0.05) is 25.3 Å². The topological polar surface area (TPSA) is 65.5 Å². The first-order valence-electron chi connectivity index (χ1n) is 6.63. The first kappa shape index (κ1) is 15.1. The van der Waals surface area contributed by atoms with Gasteiger partial charge in [-0.15, -0.1) is 0 Å². The largest absolute Gasteiger partial charge is 0.496 e. The Kier molecular flexibility index (Phi) is 5.78. The van der Waals surface area contributed by atoms with E-state index < -0.39 is 0 Å². The molecule has 1 aromatic heterocycles. The fourth-order valence-electron chi connectivity index (χ4n) is 1.78. The number of aromatic nitrogens is 2. The van der Waals surface area contributed by atoms with E-state index in [4.69, 9.17) is 14.2 Å². The summed E-state index contributed by atoms with van der Waals surface area (Å²) in [7, 11) is 3.29. The summed E-state index contributed by atoms with van der Waals surface area (Å²) >= 11 is 0. The van der Waals surface area contributed by atoms with Gasteiger partial charge in [0.2, 0.25) is 5.88 Å². The SMILES string of the molecule is COCCOc1cc(NCc2ccccc2OC)ncn1. The first-order valence-corrected chi connectivity index (χ1v) is 6.63. The van der Waals surface area contributed by atoms with Crippen LogP contribution in [0.2, 0.25) is 0 Å². The molecule has 0 radical (unpaired) electrons. The quantitative estimate of drug-likeness (QED) is 0.751. The predicted molar refractivity (Wildman–Crippen MR) is 79.7 cm³/mol. The number of para-hydroxylation sites is 1. The van der Waals surface area contributed by atoms with Crippen LogP contribution in [-0.4, -0.2) is 37.4 Å². The Morgan fingerprint density at radius 1 is 1.10 bits per heavy atom. The van der Waals surface area contributed by atoms with Crippen LogP contribution in [-0.2, 0) is 11.3 Å². The average Bonchev–Trinajstić information content (AvgIpc) is 2.54. The highest BCUT2D eigenvalue weighted by Crippen LogP contribution is 2.19. The third-order valence-corrected chi connectivity index (χ3v) is 2.83. The van der Waals surface area contributed by atoms with Crippen molar-refractivity contribution >= 4 is 5.82 Å². The second kappa shape index (κ2) is 8.06. The Morgan fingerprint density at radius 2 is 1.95 bits per heavy atom. The zero-order valence-corrected chi connectivity index (χ0v) is 12.2. The molecule has 0 aliphatic heterocycles. The van der Waals surface area contributed by atoms with Crippen LogP contribution >= 0.6 is 0 Å². The molecule has 21 heavy (non-hydrogen) atoms. The normalized spacial score (nSPS) is 10.2. The number of rotatable bonds is 8. The molecule has 0 unspecified atom stereocenters. The highest BCUT2D eigenvalue weighted by atomic mass is 16.5. The summed E-state index contributed by atoms with van der Waals surface area (Å²) in [6.07, 6.45) is 1.46. The van der Waals surface area contributed by atoms with E-state index in [0.29, 0.717) is 31.5 Å². The van der Waals surface area contributed by atoms with E-state index in [1.165, 1.54) is 6.33 Å². The molecule has 0 aliphatic rings. The van der Waals surface area contributed by atoms with Crippen LogP contribution in [0, 0.1) is 0 Å². The summed E-state index contributed by atoms with van der Waals surface area (Å²) < 4.78 is 15.7. The lowest BCUT2D eigenvalue weighted by atomic mass is 10.2. The van der Waals surface area contributed by atoms with Crippen LogP contribution in [0.25, 0.3) is 0 Å². The van der Waals surface area contributed by atoms with E-state index in [9.17, 15) is 0 Å². The third-order valence-electron chi connectivity index (χ3n) is 2.83. The van der Waals surface area contributed by atoms with Gasteiger partial charge in [0.15, 0.2) is 0 Å². The number of ether oxygens (including phenoxy) is 3. The maximum absolute atomic E-state index is 5.44. The van der Waals surface area contributed by atoms with E-state index >= 15 is 0 Å². The predicted octanol–water partition coefficient (Wildman–Crippen LogP) is 2.12. The van der Waals surface area contributed by atoms with Crippen molar-refractivity contribution in [1.82, 2.24) is 9.97 Å². The number of methoxy groups -OCH3 is 2. The van der Waals surface area contributed by atoms with Gasteiger partial charge in [-0.05, 0) is 6.07 Å². The van der Waals surface area contributed by atoms with E-state index in [2.05, 4.69) is 15.3 Å². The Bertz CT molecular complexity index is 563. The van der Waals surface area contributed by atoms with Gasteiger partial charge in [-0.3, -0.25) is 0 Å². The molecule has 1 aromatic carbocycles. The number of hydrogen-bond acceptors (Lipinski definition) is 6. The van der Waals surface area contributed by atoms with Crippen LogP contribution < -0.4 is 14.8 Å². The summed E-state index contributed by atoms with van der Waals surface area (Å²) in [5.41, 5.74) is 1.06. The molecule has 0 atom stereocenters. The molecule has 2 aromatic rings. The fraction of sp³-hybridized carbons (Fsp3) is 0.333. The Labute approximate surface area is 124 Å². The summed E-state index contributed by atoms with van der Waals surface area (Å²) in [6.45, 7) is 1.59. The van der Waals surface area contributed by atoms with Gasteiger partial charge < -0.3 is 19.5 Å². The molecule has 0 fully saturated rings. The number of nitrogens with one attached hydrogen (secondary N) is 1. The summed E-state index contributed by atoms with van der Waals surface area (Å²) in [5.74, 6) is 2.06. The zero-order valence-electron chi connectivity index (χ0n) is 12.2. The Hall–Kier alpha value is -2.34. The Morgan fingerprint density at radius 3 is 2.76 bits per heavy atom. The van der Waals surface area contributed by atoms with Gasteiger partial charge in [0.1, 0.15) is 24.5 Å². The monoisotopic (exact) mass is 289 g/mol. The highest BCUT2D eigenvalue weighted by molar-refractivity contribution is 5.41. The molecule has 0 saturated carbocycles. The van der Waals surface area contributed by atoms with Crippen LogP contribution in [0.15, 0.2) is 36.7 Å². The van der Waals surface area contributed by atoms with Gasteiger partial charge in [0.25, 0.3) is 0 Å². The minimum atomic E-state index is 0.458. The minimum Gasteiger partial charge on any atom is -0.496 e. The summed E-state index contributed by atoms with van der Waals surface area (Å²) in [4.78, 5) is 8.21. The lowest BCUT2D eigenvalue weighted by Gasteiger charge is -2.10. The van der Waals surface area contributed by atoms with Gasteiger partial charge in [-0.1, -0.05) is 18.2 Å². The maximum atomic E-state index is 5.44. The second-order valence-corrected chi connectivity index (χ2v) is 4.25. The van der Waals surface area contributed by atoms with E-state index in [-0.39, 0.29) is 0 Å². The molecule has 0 spiro atoms. The Balaban J connectivity index is 1.95. The van der Waals surface area contributed by atoms with Crippen molar-refractivity contribution in [1.29, 1.82) is 0 Å². The van der Waals surface area contributed by atoms with E-state index in [1.807, 2.05) is 24.3 Å². The van der Waals surface area contributed by atoms with Gasteiger partial charge >= 0.3 is 0 Å². The van der Waals surface area contributed by atoms with Crippen molar-refractivity contribution in [3.05, 3.63) is 42.2 Å². The fourth-order valence-corrected chi connectivity index (χ4v) is 1.78. The zero-order chi connectivity index (χ0) is 14.9. The maximum Gasteiger partial charge on any atom is 0.218 e. The van der Waals surface area contributed by atoms with Crippen LogP contribution in [0.1, 0.15) is 5.56 Å². The number of benzene rings is 1. The average molecular weight is 289 g/mol. The molecular formula is C15H19N3O3. The summed E-state index contributed by atoms with van der Waals surface area (Å²) in [6, 6.07) is 9.60. The molecule has 1 heterocycles. The van der Waals surface area contributed by atoms with Crippen molar-refractivity contribution in [2.45, 2.75) is 6.54 Å². The molecule has 2 rings (SSSR count). The lowest BCUT2D eigenvalue weighted by molar-refractivity contribution is 0.143. The van der Waals surface area contributed by atoms with Crippen LogP contribution in [0.4, 0.5) is 5.82 Å². The van der Waals surface area contributed by atoms with Gasteiger partial charge in [-0.2, -0.15) is 0 Å². The number of nitrogens with zero attached hydrogens (tertiary/aromatic N) is 2. The van der Waals surface area contributed by atoms with Crippen molar-refractivity contribution < 1.29 is 14.2 Å². The molecule has 1 N–H and O–H groups in total. The van der Waals surface area contributed by atoms with Crippen LogP contribution in [0.5, 0.6) is 11.6 Å². The molecule has 6 heteroatoms. The molecule has 0 aliphatic carbocycles. The standard InChI is InChI=1S/C15H19N3O3/c1-19-7-8-21-15-9-14(17-11-18-15)16-10-12-5-3-4-6-13(12)20-2/h3-6,9,11H,7-8,10H2,1-2H3,(H,16,17,18). The third kappa shape index (κ3) is 4.61. The lowest BCUT2D eigenvalue weighted by Crippen LogP contribution is -2.07. The van der Waals surface area contributed by atoms with Crippen molar-refractivity contribution in [2.24, 2.45) is 0 Å². The molecule has 6 nitrogen and oxygen atoms in total. The van der Waals surface area contributed by atoms with E-state index in [0.717, 1.165) is 11.3 Å². The van der Waals surface area contributed by atoms with Crippen molar-refractivity contribution in [3.63, 3.8) is 0 Å². The minimum absolute atomic E-state index is 0.458. The first-order chi connectivity index (χ1) is 10.3. The highest BCUT2D eigenvalue weighted by Gasteiger charge is 2.03. The van der Waals surface area contributed by atoms with Gasteiger partial charge in [0.05, 0.1) is 13.7 Å².